The van der Waals surface area contributed by atoms with E-state index in [9.17, 15) is 14.4 Å². The van der Waals surface area contributed by atoms with E-state index in [0.717, 1.165) is 31.9 Å². The van der Waals surface area contributed by atoms with Crippen LogP contribution in [0.4, 0.5) is 11.4 Å². The van der Waals surface area contributed by atoms with Crippen LogP contribution < -0.4 is 10.2 Å². The smallest absolute Gasteiger partial charge is 0.246 e. The number of hydrogen-bond acceptors (Lipinski definition) is 4. The summed E-state index contributed by atoms with van der Waals surface area (Å²) >= 11 is 0. The second-order valence-corrected chi connectivity index (χ2v) is 6.14. The van der Waals surface area contributed by atoms with Crippen molar-refractivity contribution in [2.24, 2.45) is 0 Å². The number of piperazine rings is 1. The molecule has 0 spiro atoms. The average molecular weight is 358 g/mol. The molecular weight excluding hydrogens is 332 g/mol. The Hall–Kier alpha value is -2.83. The lowest BCUT2D eigenvalue weighted by Gasteiger charge is -2.35. The van der Waals surface area contributed by atoms with E-state index in [-0.39, 0.29) is 24.3 Å². The predicted octanol–water partition coefficient (Wildman–Crippen LogP) is 1.33. The summed E-state index contributed by atoms with van der Waals surface area (Å²) in [6, 6.07) is 7.59. The van der Waals surface area contributed by atoms with Gasteiger partial charge in [-0.2, -0.15) is 0 Å². The van der Waals surface area contributed by atoms with Crippen LogP contribution in [0.5, 0.6) is 0 Å². The monoisotopic (exact) mass is 358 g/mol. The molecule has 140 valence electrons. The number of hydrogen-bond donors (Lipinski definition) is 1. The van der Waals surface area contributed by atoms with Gasteiger partial charge in [0.05, 0.1) is 0 Å². The highest BCUT2D eigenvalue weighted by atomic mass is 16.2. The predicted molar refractivity (Wildman–Crippen MR) is 102 cm³/mol. The van der Waals surface area contributed by atoms with Gasteiger partial charge in [-0.15, -0.1) is 0 Å². The molecular formula is C19H26N4O3. The Morgan fingerprint density at radius 3 is 2.27 bits per heavy atom. The Morgan fingerprint density at radius 1 is 1.15 bits per heavy atom. The van der Waals surface area contributed by atoms with Gasteiger partial charge in [0.1, 0.15) is 6.54 Å². The molecule has 1 fully saturated rings. The van der Waals surface area contributed by atoms with Crippen LogP contribution >= 0.6 is 0 Å². The number of carbonyl (C=O) groups excluding carboxylic acids is 3. The lowest BCUT2D eigenvalue weighted by molar-refractivity contribution is -0.130. The molecule has 1 saturated heterocycles. The first kappa shape index (κ1) is 19.5. The second kappa shape index (κ2) is 9.03. The minimum atomic E-state index is -0.261. The maximum absolute atomic E-state index is 12.1. The van der Waals surface area contributed by atoms with Crippen LogP contribution in [-0.2, 0) is 14.4 Å². The molecule has 1 aromatic carbocycles. The van der Waals surface area contributed by atoms with Crippen LogP contribution in [0.25, 0.3) is 0 Å². The van der Waals surface area contributed by atoms with Gasteiger partial charge < -0.3 is 20.0 Å². The third-order valence-corrected chi connectivity index (χ3v) is 4.44. The van der Waals surface area contributed by atoms with E-state index >= 15 is 0 Å². The maximum Gasteiger partial charge on any atom is 0.246 e. The first-order valence-electron chi connectivity index (χ1n) is 8.76. The molecule has 1 aliphatic heterocycles. The minimum Gasteiger partial charge on any atom is -0.368 e. The van der Waals surface area contributed by atoms with Crippen molar-refractivity contribution in [1.29, 1.82) is 0 Å². The number of anilines is 2. The first-order valence-corrected chi connectivity index (χ1v) is 8.76. The van der Waals surface area contributed by atoms with Crippen LogP contribution in [0, 0.1) is 0 Å². The number of nitrogens with zero attached hydrogens (tertiary/aromatic N) is 3. The zero-order chi connectivity index (χ0) is 19.1. The van der Waals surface area contributed by atoms with E-state index in [2.05, 4.69) is 16.8 Å². The van der Waals surface area contributed by atoms with Gasteiger partial charge in [-0.1, -0.05) is 6.58 Å². The molecule has 1 aromatic rings. The summed E-state index contributed by atoms with van der Waals surface area (Å²) in [5.74, 6) is -0.397. The van der Waals surface area contributed by atoms with E-state index in [1.807, 2.05) is 36.1 Å². The molecule has 1 aliphatic rings. The van der Waals surface area contributed by atoms with Gasteiger partial charge in [-0.25, -0.2) is 0 Å². The highest BCUT2D eigenvalue weighted by Gasteiger charge is 2.19. The molecule has 26 heavy (non-hydrogen) atoms. The molecule has 0 bridgehead atoms. The molecule has 3 amide bonds. The van der Waals surface area contributed by atoms with Gasteiger partial charge in [0.25, 0.3) is 0 Å². The summed E-state index contributed by atoms with van der Waals surface area (Å²) in [5, 5.41) is 2.80. The fourth-order valence-electron chi connectivity index (χ4n) is 2.88. The summed E-state index contributed by atoms with van der Waals surface area (Å²) in [4.78, 5) is 40.6. The zero-order valence-corrected chi connectivity index (χ0v) is 15.4. The molecule has 1 N–H and O–H groups in total. The van der Waals surface area contributed by atoms with Crippen LogP contribution in [0.1, 0.15) is 13.8 Å². The Morgan fingerprint density at radius 2 is 1.77 bits per heavy atom. The summed E-state index contributed by atoms with van der Waals surface area (Å²) in [6.07, 6.45) is 1.21. The fourth-order valence-corrected chi connectivity index (χ4v) is 2.88. The summed E-state index contributed by atoms with van der Waals surface area (Å²) in [7, 11) is 0. The number of benzene rings is 1. The number of carbonyl (C=O) groups is 3. The molecule has 7 nitrogen and oxygen atoms in total. The number of nitrogens with one attached hydrogen (secondary N) is 1. The van der Waals surface area contributed by atoms with Crippen LogP contribution in [0.3, 0.4) is 0 Å². The van der Waals surface area contributed by atoms with Crippen LogP contribution in [0.2, 0.25) is 0 Å². The topological polar surface area (TPSA) is 73.0 Å². The molecule has 2 rings (SSSR count). The molecule has 0 aromatic heterocycles. The van der Waals surface area contributed by atoms with Crippen LogP contribution in [-0.4, -0.2) is 66.8 Å². The number of rotatable bonds is 6. The first-order chi connectivity index (χ1) is 12.4. The Labute approximate surface area is 154 Å². The fraction of sp³-hybridized carbons (Fsp3) is 0.421. The van der Waals surface area contributed by atoms with E-state index < -0.39 is 0 Å². The van der Waals surface area contributed by atoms with Crippen molar-refractivity contribution < 1.29 is 14.4 Å². The molecule has 0 radical (unpaired) electrons. The van der Waals surface area contributed by atoms with Crippen molar-refractivity contribution in [3.63, 3.8) is 0 Å². The van der Waals surface area contributed by atoms with Gasteiger partial charge >= 0.3 is 0 Å². The lowest BCUT2D eigenvalue weighted by Crippen LogP contribution is -2.48. The summed E-state index contributed by atoms with van der Waals surface area (Å²) in [6.45, 7) is 10.3. The van der Waals surface area contributed by atoms with E-state index in [1.54, 1.807) is 6.92 Å². The van der Waals surface area contributed by atoms with Crippen molar-refractivity contribution in [3.05, 3.63) is 36.9 Å². The minimum absolute atomic E-state index is 0.00386. The van der Waals surface area contributed by atoms with Crippen molar-refractivity contribution in [2.75, 3.05) is 49.5 Å². The molecule has 0 saturated carbocycles. The van der Waals surface area contributed by atoms with Crippen molar-refractivity contribution >= 4 is 29.1 Å². The quantitative estimate of drug-likeness (QED) is 0.779. The van der Waals surface area contributed by atoms with Gasteiger partial charge in [-0.3, -0.25) is 14.4 Å². The molecule has 7 heteroatoms. The maximum atomic E-state index is 12.1. The molecule has 1 heterocycles. The summed E-state index contributed by atoms with van der Waals surface area (Å²) in [5.41, 5.74) is 1.74. The Balaban J connectivity index is 1.89. The van der Waals surface area contributed by atoms with E-state index in [0.29, 0.717) is 12.2 Å². The van der Waals surface area contributed by atoms with E-state index in [4.69, 9.17) is 0 Å². The van der Waals surface area contributed by atoms with Gasteiger partial charge in [0.2, 0.25) is 17.7 Å². The zero-order valence-electron chi connectivity index (χ0n) is 15.4. The van der Waals surface area contributed by atoms with Crippen molar-refractivity contribution in [1.82, 2.24) is 9.80 Å². The highest BCUT2D eigenvalue weighted by Crippen LogP contribution is 2.19. The Bertz CT molecular complexity index is 664. The third kappa shape index (κ3) is 5.08. The van der Waals surface area contributed by atoms with Gasteiger partial charge in [-0.05, 0) is 37.3 Å². The third-order valence-electron chi connectivity index (χ3n) is 4.44. The average Bonchev–Trinajstić information content (AvgIpc) is 2.66. The van der Waals surface area contributed by atoms with Gasteiger partial charge in [0, 0.05) is 51.0 Å². The number of amides is 3. The normalized spacial score (nSPS) is 13.9. The lowest BCUT2D eigenvalue weighted by atomic mass is 10.2. The van der Waals surface area contributed by atoms with Crippen LogP contribution in [0.15, 0.2) is 36.9 Å². The largest absolute Gasteiger partial charge is 0.368 e. The highest BCUT2D eigenvalue weighted by molar-refractivity contribution is 5.96. The number of likely N-dealkylation sites (N-methyl/N-ethyl adjacent to an activating group) is 1. The van der Waals surface area contributed by atoms with Crippen molar-refractivity contribution in [2.45, 2.75) is 13.8 Å². The van der Waals surface area contributed by atoms with Gasteiger partial charge in [0.15, 0.2) is 0 Å². The molecule has 0 aliphatic carbocycles. The SMILES string of the molecule is C=CC(=O)N(CC)CC(=O)Nc1ccc(N2CCN(C(C)=O)CC2)cc1. The molecule has 0 atom stereocenters. The van der Waals surface area contributed by atoms with Crippen molar-refractivity contribution in [3.8, 4) is 0 Å². The standard InChI is InChI=1S/C19H26N4O3/c1-4-19(26)21(5-2)14-18(25)20-16-6-8-17(9-7-16)23-12-10-22(11-13-23)15(3)24/h4,6-9H,1,5,10-14H2,2-3H3,(H,20,25). The molecule has 0 unspecified atom stereocenters. The van der Waals surface area contributed by atoms with E-state index in [1.165, 1.54) is 11.0 Å². The Kier molecular flexibility index (Phi) is 6.77. The summed E-state index contributed by atoms with van der Waals surface area (Å²) < 4.78 is 0. The second-order valence-electron chi connectivity index (χ2n) is 6.14.